The Morgan fingerprint density at radius 3 is 2.47 bits per heavy atom. The summed E-state index contributed by atoms with van der Waals surface area (Å²) in [4.78, 5) is 38.8. The number of nitrogens with zero attached hydrogens (tertiary/aromatic N) is 2. The molecule has 0 aliphatic carbocycles. The van der Waals surface area contributed by atoms with Gasteiger partial charge in [-0.05, 0) is 29.7 Å². The highest BCUT2D eigenvalue weighted by Gasteiger charge is 2.39. The van der Waals surface area contributed by atoms with Crippen molar-refractivity contribution in [3.63, 3.8) is 0 Å². The minimum atomic E-state index is -4.07. The van der Waals surface area contributed by atoms with Gasteiger partial charge in [0.2, 0.25) is 0 Å². The maximum atomic E-state index is 13.2. The van der Waals surface area contributed by atoms with Gasteiger partial charge in [0.05, 0.1) is 30.9 Å². The summed E-state index contributed by atoms with van der Waals surface area (Å²) in [6, 6.07) is 15.9. The third kappa shape index (κ3) is 4.54. The first kappa shape index (κ1) is 23.5. The molecule has 1 aromatic heterocycles. The fourth-order valence-corrected chi connectivity index (χ4v) is 6.11. The van der Waals surface area contributed by atoms with E-state index in [1.165, 1.54) is 14.2 Å². The summed E-state index contributed by atoms with van der Waals surface area (Å²) < 4.78 is 38.5. The summed E-state index contributed by atoms with van der Waals surface area (Å²) in [5.41, 5.74) is -0.118. The number of benzene rings is 2. The molecule has 0 radical (unpaired) electrons. The highest BCUT2D eigenvalue weighted by molar-refractivity contribution is 7.91. The number of esters is 1. The van der Waals surface area contributed by atoms with Gasteiger partial charge in [-0.2, -0.15) is 0 Å². The van der Waals surface area contributed by atoms with E-state index in [-0.39, 0.29) is 30.2 Å². The van der Waals surface area contributed by atoms with E-state index in [0.717, 1.165) is 14.7 Å². The molecule has 0 spiro atoms. The molecule has 0 bridgehead atoms. The van der Waals surface area contributed by atoms with Gasteiger partial charge < -0.3 is 9.47 Å². The quantitative estimate of drug-likeness (QED) is 0.383. The van der Waals surface area contributed by atoms with Crippen LogP contribution in [0.3, 0.4) is 0 Å². The Bertz CT molecular complexity index is 1460. The molecule has 0 saturated carbocycles. The maximum Gasteiger partial charge on any atom is 0.332 e. The van der Waals surface area contributed by atoms with Gasteiger partial charge in [0.15, 0.2) is 9.84 Å². The van der Waals surface area contributed by atoms with Crippen molar-refractivity contribution in [3.05, 3.63) is 92.1 Å². The molecule has 0 amide bonds. The summed E-state index contributed by atoms with van der Waals surface area (Å²) in [5, 5.41) is -0.330. The number of aromatic nitrogens is 2. The summed E-state index contributed by atoms with van der Waals surface area (Å²) in [5.74, 6) is -1.71. The Morgan fingerprint density at radius 1 is 1.06 bits per heavy atom. The molecule has 2 heterocycles. The van der Waals surface area contributed by atoms with E-state index in [4.69, 9.17) is 9.47 Å². The number of carbonyl (C=O) groups excluding carboxylic acids is 1. The second-order valence-electron chi connectivity index (χ2n) is 8.14. The molecule has 1 atom stereocenters. The number of ether oxygens (including phenoxy) is 2. The van der Waals surface area contributed by atoms with Crippen molar-refractivity contribution in [2.75, 3.05) is 12.9 Å². The van der Waals surface area contributed by atoms with Crippen LogP contribution in [0.2, 0.25) is 0 Å². The van der Waals surface area contributed by atoms with Gasteiger partial charge in [-0.1, -0.05) is 42.5 Å². The van der Waals surface area contributed by atoms with E-state index in [9.17, 15) is 22.8 Å². The molecule has 1 aliphatic rings. The molecule has 0 N–H and O–H groups in total. The average molecular weight is 485 g/mol. The van der Waals surface area contributed by atoms with Gasteiger partial charge in [-0.25, -0.2) is 13.2 Å². The molecular formula is C24H24N2O7S. The zero-order valence-corrected chi connectivity index (χ0v) is 19.6. The van der Waals surface area contributed by atoms with Gasteiger partial charge >= 0.3 is 11.7 Å². The summed E-state index contributed by atoms with van der Waals surface area (Å²) in [6.45, 7) is -0.0738. The largest absolute Gasteiger partial charge is 0.497 e. The van der Waals surface area contributed by atoms with Gasteiger partial charge in [0.1, 0.15) is 17.4 Å². The number of hydrogen-bond acceptors (Lipinski definition) is 7. The fourth-order valence-electron chi connectivity index (χ4n) is 4.12. The summed E-state index contributed by atoms with van der Waals surface area (Å²) >= 11 is 0. The Balaban J connectivity index is 1.64. The molecule has 0 saturated heterocycles. The van der Waals surface area contributed by atoms with Gasteiger partial charge in [-0.15, -0.1) is 0 Å². The van der Waals surface area contributed by atoms with E-state index in [0.29, 0.717) is 11.3 Å². The van der Waals surface area contributed by atoms with Crippen LogP contribution in [0, 0.1) is 5.92 Å². The van der Waals surface area contributed by atoms with E-state index in [1.54, 1.807) is 48.5 Å². The number of methoxy groups -OCH3 is 1. The third-order valence-corrected chi connectivity index (χ3v) is 7.73. The first-order valence-corrected chi connectivity index (χ1v) is 12.3. The number of fused-ring (bicyclic) bond motifs is 1. The minimum absolute atomic E-state index is 0.00930. The van der Waals surface area contributed by atoms with Crippen LogP contribution in [-0.2, 0) is 46.0 Å². The lowest BCUT2D eigenvalue weighted by Crippen LogP contribution is -2.47. The first-order valence-electron chi connectivity index (χ1n) is 10.6. The molecular weight excluding hydrogens is 460 g/mol. The monoisotopic (exact) mass is 484 g/mol. The standard InChI is InChI=1S/C24H24N2O7S/c1-25-22-20(21(27)26(24(25)29)13-16-7-4-3-5-8-16)12-18(15-34(22,30)31)23(28)33-14-17-9-6-10-19(11-17)32-2/h3-11,18H,12-15H2,1-2H3. The highest BCUT2D eigenvalue weighted by atomic mass is 32.2. The SMILES string of the molecule is COc1cccc(COC(=O)C2Cc3c(n(C)c(=O)n(Cc4ccccc4)c3=O)S(=O)(=O)C2)c1. The van der Waals surface area contributed by atoms with Crippen molar-refractivity contribution in [2.24, 2.45) is 13.0 Å². The lowest BCUT2D eigenvalue weighted by Gasteiger charge is -2.25. The van der Waals surface area contributed by atoms with Crippen molar-refractivity contribution in [1.29, 1.82) is 0 Å². The third-order valence-electron chi connectivity index (χ3n) is 5.78. The Labute approximate surface area is 196 Å². The van der Waals surface area contributed by atoms with Crippen LogP contribution in [0.5, 0.6) is 5.75 Å². The predicted octanol–water partition coefficient (Wildman–Crippen LogP) is 1.29. The van der Waals surface area contributed by atoms with Crippen LogP contribution in [0.15, 0.2) is 69.2 Å². The molecule has 34 heavy (non-hydrogen) atoms. The zero-order chi connectivity index (χ0) is 24.5. The van der Waals surface area contributed by atoms with Crippen molar-refractivity contribution in [1.82, 2.24) is 9.13 Å². The van der Waals surface area contributed by atoms with Gasteiger partial charge in [0, 0.05) is 7.05 Å². The van der Waals surface area contributed by atoms with Crippen LogP contribution < -0.4 is 16.0 Å². The molecule has 178 valence electrons. The van der Waals surface area contributed by atoms with Crippen LogP contribution in [0.1, 0.15) is 16.7 Å². The Kier molecular flexibility index (Phi) is 6.43. The Hall–Kier alpha value is -3.66. The Morgan fingerprint density at radius 2 is 1.76 bits per heavy atom. The van der Waals surface area contributed by atoms with Gasteiger partial charge in [-0.3, -0.25) is 18.7 Å². The van der Waals surface area contributed by atoms with Crippen LogP contribution in [-0.4, -0.2) is 36.4 Å². The van der Waals surface area contributed by atoms with Gasteiger partial charge in [0.25, 0.3) is 5.56 Å². The summed E-state index contributed by atoms with van der Waals surface area (Å²) in [6.07, 6.45) is -0.132. The van der Waals surface area contributed by atoms with Crippen molar-refractivity contribution < 1.29 is 22.7 Å². The van der Waals surface area contributed by atoms with E-state index >= 15 is 0 Å². The molecule has 0 fully saturated rings. The molecule has 9 nitrogen and oxygen atoms in total. The van der Waals surface area contributed by atoms with Crippen molar-refractivity contribution in [2.45, 2.75) is 24.6 Å². The maximum absolute atomic E-state index is 13.2. The topological polar surface area (TPSA) is 114 Å². The zero-order valence-electron chi connectivity index (χ0n) is 18.8. The van der Waals surface area contributed by atoms with E-state index in [2.05, 4.69) is 0 Å². The minimum Gasteiger partial charge on any atom is -0.497 e. The van der Waals surface area contributed by atoms with Crippen LogP contribution in [0.4, 0.5) is 0 Å². The van der Waals surface area contributed by atoms with Crippen molar-refractivity contribution in [3.8, 4) is 5.75 Å². The number of rotatable bonds is 6. The predicted molar refractivity (Wildman–Crippen MR) is 124 cm³/mol. The van der Waals surface area contributed by atoms with Crippen molar-refractivity contribution >= 4 is 15.8 Å². The number of carbonyl (C=O) groups is 1. The first-order chi connectivity index (χ1) is 16.2. The smallest absolute Gasteiger partial charge is 0.332 e. The molecule has 4 rings (SSSR count). The molecule has 2 aromatic carbocycles. The van der Waals surface area contributed by atoms with Crippen LogP contribution >= 0.6 is 0 Å². The van der Waals surface area contributed by atoms with E-state index < -0.39 is 38.7 Å². The molecule has 10 heteroatoms. The molecule has 1 aliphatic heterocycles. The normalized spacial score (nSPS) is 16.5. The molecule has 3 aromatic rings. The number of sulfone groups is 1. The fraction of sp³-hybridized carbons (Fsp3) is 0.292. The number of hydrogen-bond donors (Lipinski definition) is 0. The second kappa shape index (κ2) is 9.30. The lowest BCUT2D eigenvalue weighted by molar-refractivity contribution is -0.149. The van der Waals surface area contributed by atoms with Crippen LogP contribution in [0.25, 0.3) is 0 Å². The summed E-state index contributed by atoms with van der Waals surface area (Å²) in [7, 11) is -1.22. The second-order valence-corrected chi connectivity index (χ2v) is 10.1. The average Bonchev–Trinajstić information content (AvgIpc) is 2.83. The lowest BCUT2D eigenvalue weighted by atomic mass is 10.0. The van der Waals surface area contributed by atoms with E-state index in [1.807, 2.05) is 6.07 Å². The highest BCUT2D eigenvalue weighted by Crippen LogP contribution is 2.26. The molecule has 1 unspecified atom stereocenters.